The fraction of sp³-hybridized carbons (Fsp3) is 0.306. The number of nitrogens with one attached hydrogen (secondary N) is 1. The summed E-state index contributed by atoms with van der Waals surface area (Å²) in [6, 6.07) is 15.6. The molecule has 0 aliphatic heterocycles. The molecule has 1 heterocycles. The number of hydrogen-bond donors (Lipinski definition) is 3. The summed E-state index contributed by atoms with van der Waals surface area (Å²) in [5.41, 5.74) is 3.35. The Morgan fingerprint density at radius 1 is 1.02 bits per heavy atom. The van der Waals surface area contributed by atoms with Crippen LogP contribution < -0.4 is 9.62 Å². The van der Waals surface area contributed by atoms with Crippen molar-refractivity contribution >= 4 is 50.1 Å². The summed E-state index contributed by atoms with van der Waals surface area (Å²) >= 11 is 0. The average Bonchev–Trinajstić information content (AvgIpc) is 3.86. The molecule has 4 aromatic rings. The summed E-state index contributed by atoms with van der Waals surface area (Å²) in [6.07, 6.45) is 3.91. The third-order valence-corrected chi connectivity index (χ3v) is 9.26. The van der Waals surface area contributed by atoms with E-state index < -0.39 is 33.4 Å². The number of ether oxygens (including phenoxy) is 2. The fourth-order valence-electron chi connectivity index (χ4n) is 5.52. The molecule has 12 nitrogen and oxygen atoms in total. The zero-order valence-corrected chi connectivity index (χ0v) is 28.3. The second-order valence-electron chi connectivity index (χ2n) is 11.8. The number of furan rings is 1. The van der Waals surface area contributed by atoms with E-state index in [1.165, 1.54) is 41.7 Å². The highest BCUT2D eigenvalue weighted by molar-refractivity contribution is 7.92. The number of carboxylic acid groups (broad SMARTS) is 1. The molecule has 1 amide bonds. The van der Waals surface area contributed by atoms with Crippen molar-refractivity contribution in [1.29, 1.82) is 0 Å². The minimum absolute atomic E-state index is 0.127. The van der Waals surface area contributed by atoms with Crippen molar-refractivity contribution in [3.8, 4) is 11.3 Å². The zero-order chi connectivity index (χ0) is 36.0. The number of halogens is 1. The molecule has 0 atom stereocenters. The van der Waals surface area contributed by atoms with Crippen molar-refractivity contribution in [3.05, 3.63) is 94.8 Å². The van der Waals surface area contributed by atoms with Crippen LogP contribution in [0.15, 0.2) is 71.2 Å². The third kappa shape index (κ3) is 8.75. The van der Waals surface area contributed by atoms with Crippen molar-refractivity contribution in [2.45, 2.75) is 31.8 Å². The van der Waals surface area contributed by atoms with Crippen molar-refractivity contribution in [2.24, 2.45) is 0 Å². The fourth-order valence-corrected chi connectivity index (χ4v) is 6.49. The lowest BCUT2D eigenvalue weighted by atomic mass is 10.0. The SMILES string of the molecule is CNC(=O)c1c(-c2ccc(F)cc2)oc2cc(N(CCCOCCOCc3cccc(C(O)=CC(=O)C(=O)O)c3)S(C)(=O)=O)c(C3CC3)cc12. The number of aliphatic hydroxyl groups is 1. The molecule has 0 radical (unpaired) electrons. The van der Waals surface area contributed by atoms with Crippen LogP contribution in [0.3, 0.4) is 0 Å². The molecule has 1 fully saturated rings. The first-order valence-corrected chi connectivity index (χ1v) is 17.7. The number of nitrogens with zero attached hydrogens (tertiary/aromatic N) is 1. The van der Waals surface area contributed by atoms with Crippen LogP contribution in [-0.2, 0) is 35.7 Å². The van der Waals surface area contributed by atoms with E-state index in [1.807, 2.05) is 6.07 Å². The number of benzene rings is 3. The van der Waals surface area contributed by atoms with E-state index in [1.54, 1.807) is 24.3 Å². The molecule has 0 unspecified atom stereocenters. The maximum atomic E-state index is 13.7. The van der Waals surface area contributed by atoms with E-state index in [9.17, 15) is 32.3 Å². The van der Waals surface area contributed by atoms with Crippen LogP contribution in [0.2, 0.25) is 0 Å². The monoisotopic (exact) mass is 708 g/mol. The molecular formula is C36H37FN2O10S. The summed E-state index contributed by atoms with van der Waals surface area (Å²) in [4.78, 5) is 35.1. The van der Waals surface area contributed by atoms with Gasteiger partial charge in [-0.25, -0.2) is 17.6 Å². The lowest BCUT2D eigenvalue weighted by Gasteiger charge is -2.25. The molecule has 0 saturated heterocycles. The molecule has 50 heavy (non-hydrogen) atoms. The maximum Gasteiger partial charge on any atom is 0.376 e. The Balaban J connectivity index is 1.23. The van der Waals surface area contributed by atoms with Crippen molar-refractivity contribution in [1.82, 2.24) is 5.32 Å². The number of sulfonamides is 1. The Hall–Kier alpha value is -5.05. The highest BCUT2D eigenvalue weighted by Crippen LogP contribution is 2.48. The molecule has 1 saturated carbocycles. The van der Waals surface area contributed by atoms with E-state index in [-0.39, 0.29) is 56.1 Å². The zero-order valence-electron chi connectivity index (χ0n) is 27.5. The molecule has 3 N–H and O–H groups in total. The molecule has 14 heteroatoms. The van der Waals surface area contributed by atoms with E-state index in [0.717, 1.165) is 24.7 Å². The second-order valence-corrected chi connectivity index (χ2v) is 13.7. The van der Waals surface area contributed by atoms with Gasteiger partial charge in [-0.05, 0) is 72.7 Å². The summed E-state index contributed by atoms with van der Waals surface area (Å²) < 4.78 is 58.7. The Kier molecular flexibility index (Phi) is 11.3. The summed E-state index contributed by atoms with van der Waals surface area (Å²) in [5.74, 6) is -3.81. The quantitative estimate of drug-likeness (QED) is 0.0557. The highest BCUT2D eigenvalue weighted by atomic mass is 32.2. The summed E-state index contributed by atoms with van der Waals surface area (Å²) in [6.45, 7) is 1.01. The smallest absolute Gasteiger partial charge is 0.376 e. The molecule has 0 bridgehead atoms. The first-order valence-electron chi connectivity index (χ1n) is 15.9. The van der Waals surface area contributed by atoms with Gasteiger partial charge in [0.2, 0.25) is 10.0 Å². The third-order valence-electron chi connectivity index (χ3n) is 8.08. The number of ketones is 1. The Bertz CT molecular complexity index is 2040. The van der Waals surface area contributed by atoms with Crippen LogP contribution in [0, 0.1) is 5.82 Å². The lowest BCUT2D eigenvalue weighted by molar-refractivity contribution is -0.146. The average molecular weight is 709 g/mol. The van der Waals surface area contributed by atoms with E-state index >= 15 is 0 Å². The number of carboxylic acids is 1. The van der Waals surface area contributed by atoms with Gasteiger partial charge >= 0.3 is 5.97 Å². The van der Waals surface area contributed by atoms with Crippen LogP contribution in [0.1, 0.15) is 52.2 Å². The van der Waals surface area contributed by atoms with E-state index in [4.69, 9.17) is 19.0 Å². The molecule has 0 spiro atoms. The number of amides is 1. The Labute approximate surface area is 288 Å². The van der Waals surface area contributed by atoms with Crippen LogP contribution >= 0.6 is 0 Å². The summed E-state index contributed by atoms with van der Waals surface area (Å²) in [5, 5.41) is 21.9. The summed E-state index contributed by atoms with van der Waals surface area (Å²) in [7, 11) is -2.22. The number of rotatable bonds is 17. The number of aliphatic carboxylic acids is 1. The Morgan fingerprint density at radius 3 is 2.40 bits per heavy atom. The van der Waals surface area contributed by atoms with Crippen LogP contribution in [0.5, 0.6) is 0 Å². The number of anilines is 1. The van der Waals surface area contributed by atoms with Gasteiger partial charge in [-0.3, -0.25) is 13.9 Å². The standard InChI is InChI=1S/C36H37FN2O10S/c1-38-35(42)33-28-18-27(23-7-8-23)29(19-32(28)49-34(33)24-9-11-26(37)12-10-24)39(50(2,45)46)13-4-14-47-15-16-48-21-22-5-3-6-25(17-22)30(40)20-31(41)36(43)44/h3,5-6,9-12,17-20,23,40H,4,7-8,13-16,21H2,1-2H3,(H,38,42)(H,43,44). The van der Waals surface area contributed by atoms with Gasteiger partial charge in [-0.15, -0.1) is 0 Å². The first-order chi connectivity index (χ1) is 23.9. The maximum absolute atomic E-state index is 13.7. The highest BCUT2D eigenvalue weighted by Gasteiger charge is 2.33. The van der Waals surface area contributed by atoms with Gasteiger partial charge in [-0.1, -0.05) is 18.2 Å². The van der Waals surface area contributed by atoms with Gasteiger partial charge in [0.1, 0.15) is 22.9 Å². The Morgan fingerprint density at radius 2 is 1.74 bits per heavy atom. The lowest BCUT2D eigenvalue weighted by Crippen LogP contribution is -2.32. The van der Waals surface area contributed by atoms with Gasteiger partial charge in [0.25, 0.3) is 11.7 Å². The topological polar surface area (TPSA) is 173 Å². The molecule has 3 aromatic carbocycles. The van der Waals surface area contributed by atoms with Crippen LogP contribution in [0.4, 0.5) is 10.1 Å². The molecule has 1 aliphatic rings. The number of fused-ring (bicyclic) bond motifs is 1. The number of carbonyl (C=O) groups excluding carboxylic acids is 2. The minimum Gasteiger partial charge on any atom is -0.507 e. The largest absolute Gasteiger partial charge is 0.507 e. The van der Waals surface area contributed by atoms with Gasteiger partial charge in [-0.2, -0.15) is 0 Å². The van der Waals surface area contributed by atoms with Crippen LogP contribution in [-0.4, -0.2) is 76.0 Å². The number of hydrogen-bond acceptors (Lipinski definition) is 9. The molecular weight excluding hydrogens is 671 g/mol. The van der Waals surface area contributed by atoms with Crippen LogP contribution in [0.25, 0.3) is 28.1 Å². The van der Waals surface area contributed by atoms with Gasteiger partial charge < -0.3 is 29.4 Å². The van der Waals surface area contributed by atoms with Gasteiger partial charge in [0.15, 0.2) is 0 Å². The van der Waals surface area contributed by atoms with E-state index in [2.05, 4.69) is 5.32 Å². The van der Waals surface area contributed by atoms with Crippen molar-refractivity contribution < 1.29 is 51.3 Å². The minimum atomic E-state index is -3.73. The number of carbonyl (C=O) groups is 3. The predicted molar refractivity (Wildman–Crippen MR) is 184 cm³/mol. The molecule has 1 aliphatic carbocycles. The van der Waals surface area contributed by atoms with E-state index in [0.29, 0.717) is 45.8 Å². The predicted octanol–water partition coefficient (Wildman–Crippen LogP) is 5.42. The first kappa shape index (κ1) is 36.2. The van der Waals surface area contributed by atoms with Gasteiger partial charge in [0.05, 0.1) is 37.3 Å². The molecule has 5 rings (SSSR count). The van der Waals surface area contributed by atoms with Crippen molar-refractivity contribution in [3.63, 3.8) is 0 Å². The van der Waals surface area contributed by atoms with Crippen molar-refractivity contribution in [2.75, 3.05) is 44.0 Å². The second kappa shape index (κ2) is 15.7. The van der Waals surface area contributed by atoms with Gasteiger partial charge in [0, 0.05) is 48.9 Å². The molecule has 1 aromatic heterocycles. The number of aliphatic hydroxyl groups excluding tert-OH is 1. The molecule has 264 valence electrons. The normalized spacial score (nSPS) is 13.4.